The van der Waals surface area contributed by atoms with Gasteiger partial charge < -0.3 is 20.5 Å². The molecule has 8 nitrogen and oxygen atoms in total. The van der Waals surface area contributed by atoms with Gasteiger partial charge in [0.25, 0.3) is 5.91 Å². The van der Waals surface area contributed by atoms with Crippen molar-refractivity contribution in [2.45, 2.75) is 25.4 Å². The van der Waals surface area contributed by atoms with Crippen LogP contribution in [0.2, 0.25) is 0 Å². The van der Waals surface area contributed by atoms with Gasteiger partial charge in [-0.2, -0.15) is 0 Å². The molecule has 3 N–H and O–H groups in total. The molecule has 0 spiro atoms. The highest BCUT2D eigenvalue weighted by molar-refractivity contribution is 6.09. The molecule has 0 bridgehead atoms. The lowest BCUT2D eigenvalue weighted by molar-refractivity contribution is -0.121. The number of nitrogens with zero attached hydrogens (tertiary/aromatic N) is 2. The van der Waals surface area contributed by atoms with Crippen LogP contribution in [0.3, 0.4) is 0 Å². The first-order valence-electron chi connectivity index (χ1n) is 9.49. The molecule has 0 saturated carbocycles. The number of para-hydroxylation sites is 3. The quantitative estimate of drug-likeness (QED) is 0.595. The lowest BCUT2D eigenvalue weighted by Gasteiger charge is -2.14. The van der Waals surface area contributed by atoms with E-state index in [-0.39, 0.29) is 30.6 Å². The number of carbonyl (C=O) groups excluding carboxylic acids is 3. The van der Waals surface area contributed by atoms with Gasteiger partial charge >= 0.3 is 0 Å². The molecule has 1 aliphatic heterocycles. The van der Waals surface area contributed by atoms with E-state index in [0.717, 1.165) is 11.0 Å². The van der Waals surface area contributed by atoms with E-state index in [2.05, 4.69) is 20.9 Å². The Labute approximate surface area is 167 Å². The zero-order chi connectivity index (χ0) is 20.2. The number of carbonyl (C=O) groups is 3. The predicted molar refractivity (Wildman–Crippen MR) is 108 cm³/mol. The third kappa shape index (κ3) is 4.11. The second-order valence-corrected chi connectivity index (χ2v) is 6.88. The van der Waals surface area contributed by atoms with Crippen LogP contribution in [0, 0.1) is 0 Å². The summed E-state index contributed by atoms with van der Waals surface area (Å²) in [7, 11) is 0. The van der Waals surface area contributed by atoms with Gasteiger partial charge in [-0.3, -0.25) is 14.4 Å². The van der Waals surface area contributed by atoms with Crippen LogP contribution in [0.15, 0.2) is 54.9 Å². The van der Waals surface area contributed by atoms with Crippen LogP contribution in [-0.2, 0) is 16.1 Å². The Morgan fingerprint density at radius 1 is 1.10 bits per heavy atom. The van der Waals surface area contributed by atoms with Crippen molar-refractivity contribution in [3.63, 3.8) is 0 Å². The maximum Gasteiger partial charge on any atom is 0.254 e. The summed E-state index contributed by atoms with van der Waals surface area (Å²) in [5.74, 6) is -0.810. The number of aromatic nitrogens is 2. The average Bonchev–Trinajstić information content (AvgIpc) is 3.09. The molecule has 0 aliphatic carbocycles. The average molecular weight is 391 g/mol. The van der Waals surface area contributed by atoms with Crippen molar-refractivity contribution in [1.82, 2.24) is 20.2 Å². The second-order valence-electron chi connectivity index (χ2n) is 6.88. The van der Waals surface area contributed by atoms with E-state index in [9.17, 15) is 14.4 Å². The molecule has 1 atom stereocenters. The van der Waals surface area contributed by atoms with Gasteiger partial charge in [-0.1, -0.05) is 24.3 Å². The molecule has 0 fully saturated rings. The first-order chi connectivity index (χ1) is 14.1. The molecule has 4 rings (SSSR count). The van der Waals surface area contributed by atoms with E-state index < -0.39 is 6.04 Å². The zero-order valence-electron chi connectivity index (χ0n) is 15.7. The number of imidazole rings is 1. The third-order valence-electron chi connectivity index (χ3n) is 4.91. The molecule has 29 heavy (non-hydrogen) atoms. The highest BCUT2D eigenvalue weighted by Gasteiger charge is 2.27. The second kappa shape index (κ2) is 8.14. The zero-order valence-corrected chi connectivity index (χ0v) is 15.7. The molecule has 0 saturated heterocycles. The Hall–Kier alpha value is -3.68. The number of hydrogen-bond donors (Lipinski definition) is 3. The lowest BCUT2D eigenvalue weighted by Crippen LogP contribution is -2.42. The van der Waals surface area contributed by atoms with Gasteiger partial charge in [0.1, 0.15) is 6.04 Å². The van der Waals surface area contributed by atoms with E-state index in [0.29, 0.717) is 24.3 Å². The number of amides is 3. The topological polar surface area (TPSA) is 105 Å². The van der Waals surface area contributed by atoms with Crippen molar-refractivity contribution >= 4 is 34.4 Å². The van der Waals surface area contributed by atoms with Crippen LogP contribution in [0.25, 0.3) is 11.0 Å². The van der Waals surface area contributed by atoms with E-state index >= 15 is 0 Å². The molecule has 2 heterocycles. The minimum atomic E-state index is -0.752. The number of anilines is 1. The Balaban J connectivity index is 1.27. The van der Waals surface area contributed by atoms with E-state index in [1.165, 1.54) is 0 Å². The Morgan fingerprint density at radius 2 is 1.90 bits per heavy atom. The molecular formula is C21H21N5O3. The van der Waals surface area contributed by atoms with Crippen molar-refractivity contribution in [2.75, 3.05) is 11.9 Å². The maximum atomic E-state index is 12.4. The summed E-state index contributed by atoms with van der Waals surface area (Å²) in [5.41, 5.74) is 2.82. The molecule has 2 aromatic carbocycles. The maximum absolute atomic E-state index is 12.4. The summed E-state index contributed by atoms with van der Waals surface area (Å²) >= 11 is 0. The van der Waals surface area contributed by atoms with Crippen LogP contribution in [-0.4, -0.2) is 39.9 Å². The summed E-state index contributed by atoms with van der Waals surface area (Å²) in [5, 5.41) is 8.29. The molecule has 0 unspecified atom stereocenters. The smallest absolute Gasteiger partial charge is 0.254 e. The van der Waals surface area contributed by atoms with Crippen molar-refractivity contribution < 1.29 is 14.4 Å². The molecule has 148 valence electrons. The van der Waals surface area contributed by atoms with Crippen LogP contribution in [0.4, 0.5) is 5.69 Å². The monoisotopic (exact) mass is 391 g/mol. The van der Waals surface area contributed by atoms with Gasteiger partial charge in [0.05, 0.1) is 28.6 Å². The molecule has 0 radical (unpaired) electrons. The van der Waals surface area contributed by atoms with E-state index in [1.54, 1.807) is 30.6 Å². The number of nitrogens with one attached hydrogen (secondary N) is 3. The predicted octanol–water partition coefficient (Wildman–Crippen LogP) is 1.68. The fourth-order valence-corrected chi connectivity index (χ4v) is 3.38. The summed E-state index contributed by atoms with van der Waals surface area (Å²) in [6.07, 6.45) is 2.12. The van der Waals surface area contributed by atoms with Crippen LogP contribution in [0.1, 0.15) is 23.2 Å². The van der Waals surface area contributed by atoms with Crippen LogP contribution < -0.4 is 16.0 Å². The SMILES string of the molecule is O=C(CC[C@H]1NC(=O)c2ccccc2NC1=O)NCCn1cnc2ccccc21. The minimum absolute atomic E-state index is 0.138. The van der Waals surface area contributed by atoms with Crippen molar-refractivity contribution in [3.05, 3.63) is 60.4 Å². The molecule has 1 aromatic heterocycles. The summed E-state index contributed by atoms with van der Waals surface area (Å²) in [4.78, 5) is 41.2. The van der Waals surface area contributed by atoms with Gasteiger partial charge in [-0.05, 0) is 30.7 Å². The normalized spacial score (nSPS) is 15.9. The Morgan fingerprint density at radius 3 is 2.79 bits per heavy atom. The van der Waals surface area contributed by atoms with Gasteiger partial charge in [0, 0.05) is 19.5 Å². The Bertz CT molecular complexity index is 1070. The number of rotatable bonds is 6. The summed E-state index contributed by atoms with van der Waals surface area (Å²) in [6, 6.07) is 13.9. The summed E-state index contributed by atoms with van der Waals surface area (Å²) in [6.45, 7) is 1.05. The molecule has 3 aromatic rings. The molecular weight excluding hydrogens is 370 g/mol. The molecule has 8 heteroatoms. The van der Waals surface area contributed by atoms with E-state index in [1.807, 2.05) is 28.8 Å². The highest BCUT2D eigenvalue weighted by Crippen LogP contribution is 2.19. The number of hydrogen-bond acceptors (Lipinski definition) is 4. The van der Waals surface area contributed by atoms with Gasteiger partial charge in [0.15, 0.2) is 0 Å². The van der Waals surface area contributed by atoms with E-state index in [4.69, 9.17) is 0 Å². The standard InChI is InChI=1S/C21H21N5O3/c27-19(22-11-12-26-13-23-16-7-3-4-8-18(16)26)10-9-17-21(29)24-15-6-2-1-5-14(15)20(28)25-17/h1-8,13,17H,9-12H2,(H,22,27)(H,24,29)(H,25,28)/t17-/m1/s1. The van der Waals surface area contributed by atoms with Crippen molar-refractivity contribution in [3.8, 4) is 0 Å². The largest absolute Gasteiger partial charge is 0.354 e. The number of benzene rings is 2. The number of fused-ring (bicyclic) bond motifs is 2. The van der Waals surface area contributed by atoms with Gasteiger partial charge in [-0.15, -0.1) is 0 Å². The molecule has 1 aliphatic rings. The van der Waals surface area contributed by atoms with Gasteiger partial charge in [0.2, 0.25) is 11.8 Å². The fourth-order valence-electron chi connectivity index (χ4n) is 3.38. The molecule has 3 amide bonds. The van der Waals surface area contributed by atoms with Crippen molar-refractivity contribution in [1.29, 1.82) is 0 Å². The lowest BCUT2D eigenvalue weighted by atomic mass is 10.1. The van der Waals surface area contributed by atoms with Crippen LogP contribution >= 0.6 is 0 Å². The minimum Gasteiger partial charge on any atom is -0.354 e. The Kier molecular flexibility index (Phi) is 5.24. The summed E-state index contributed by atoms with van der Waals surface area (Å²) < 4.78 is 1.98. The first kappa shape index (κ1) is 18.7. The third-order valence-corrected chi connectivity index (χ3v) is 4.91. The van der Waals surface area contributed by atoms with Crippen LogP contribution in [0.5, 0.6) is 0 Å². The highest BCUT2D eigenvalue weighted by atomic mass is 16.2. The fraction of sp³-hybridized carbons (Fsp3) is 0.238. The van der Waals surface area contributed by atoms with Crippen molar-refractivity contribution in [2.24, 2.45) is 0 Å². The van der Waals surface area contributed by atoms with Gasteiger partial charge in [-0.25, -0.2) is 4.98 Å². The first-order valence-corrected chi connectivity index (χ1v) is 9.49.